The van der Waals surface area contributed by atoms with Gasteiger partial charge in [-0.05, 0) is 49.7 Å². The van der Waals surface area contributed by atoms with E-state index in [0.717, 1.165) is 27.7 Å². The second-order valence-electron chi connectivity index (χ2n) is 8.71. The van der Waals surface area contributed by atoms with E-state index in [4.69, 9.17) is 9.79 Å². The number of alkyl halides is 6. The number of pyridine rings is 2. The van der Waals surface area contributed by atoms with Crippen molar-refractivity contribution in [1.29, 1.82) is 0 Å². The fourth-order valence-corrected chi connectivity index (χ4v) is 4.42. The molecule has 0 saturated heterocycles. The van der Waals surface area contributed by atoms with Gasteiger partial charge in [0, 0.05) is 23.6 Å². The predicted molar refractivity (Wildman–Crippen MR) is 129 cm³/mol. The van der Waals surface area contributed by atoms with Crippen molar-refractivity contribution < 1.29 is 54.7 Å². The third kappa shape index (κ3) is 6.53. The molecular weight excluding hydrogens is 589 g/mol. The Labute approximate surface area is 226 Å². The molecule has 3 heterocycles. The zero-order valence-corrected chi connectivity index (χ0v) is 21.8. The van der Waals surface area contributed by atoms with Crippen LogP contribution in [0.2, 0.25) is 0 Å². The third-order valence-corrected chi connectivity index (χ3v) is 6.42. The summed E-state index contributed by atoms with van der Waals surface area (Å²) < 4.78 is 98.9. The average Bonchev–Trinajstić information content (AvgIpc) is 2.83. The lowest BCUT2D eigenvalue weighted by atomic mass is 10.1. The van der Waals surface area contributed by atoms with Gasteiger partial charge in [-0.3, -0.25) is 23.6 Å². The van der Waals surface area contributed by atoms with E-state index in [9.17, 15) is 40.5 Å². The number of amides is 1. The van der Waals surface area contributed by atoms with Crippen LogP contribution in [0.15, 0.2) is 47.4 Å². The molecule has 41 heavy (non-hydrogen) atoms. The van der Waals surface area contributed by atoms with Crippen LogP contribution in [0.4, 0.5) is 43.5 Å². The first kappa shape index (κ1) is 30.0. The van der Waals surface area contributed by atoms with Crippen LogP contribution in [-0.4, -0.2) is 38.3 Å². The predicted octanol–water partition coefficient (Wildman–Crippen LogP) is 4.60. The van der Waals surface area contributed by atoms with Crippen LogP contribution in [0.3, 0.4) is 0 Å². The van der Waals surface area contributed by atoms with Crippen LogP contribution < -0.4 is 20.1 Å². The molecule has 0 atom stereocenters. The summed E-state index contributed by atoms with van der Waals surface area (Å²) in [4.78, 5) is 50.1. The van der Waals surface area contributed by atoms with Gasteiger partial charge in [-0.25, -0.2) is 9.55 Å². The highest BCUT2D eigenvalue weighted by Crippen LogP contribution is 2.40. The summed E-state index contributed by atoms with van der Waals surface area (Å²) >= 11 is 0. The molecule has 18 heteroatoms. The van der Waals surface area contributed by atoms with Gasteiger partial charge in [-0.2, -0.15) is 13.2 Å². The second kappa shape index (κ2) is 10.5. The molecule has 3 aromatic rings. The summed E-state index contributed by atoms with van der Waals surface area (Å²) in [5.41, 5.74) is -2.23. The first-order valence-electron chi connectivity index (χ1n) is 11.3. The monoisotopic (exact) mass is 608 g/mol. The summed E-state index contributed by atoms with van der Waals surface area (Å²) in [5.74, 6) is -1.74. The molecule has 0 saturated carbocycles. The Bertz CT molecular complexity index is 1620. The Morgan fingerprint density at radius 2 is 1.63 bits per heavy atom. The topological polar surface area (TPSA) is 134 Å². The van der Waals surface area contributed by atoms with E-state index in [0.29, 0.717) is 12.3 Å². The fourth-order valence-electron chi connectivity index (χ4n) is 4.15. The van der Waals surface area contributed by atoms with Crippen LogP contribution in [0.1, 0.15) is 27.2 Å². The van der Waals surface area contributed by atoms with Crippen molar-refractivity contribution in [3.8, 4) is 5.75 Å². The van der Waals surface area contributed by atoms with E-state index < -0.39 is 62.1 Å². The summed E-state index contributed by atoms with van der Waals surface area (Å²) in [6.07, 6.45) is -9.34. The molecule has 2 aromatic heterocycles. The lowest BCUT2D eigenvalue weighted by Crippen LogP contribution is -2.46. The second-order valence-corrected chi connectivity index (χ2v) is 9.95. The van der Waals surface area contributed by atoms with Crippen molar-refractivity contribution >= 4 is 30.9 Å². The highest BCUT2D eigenvalue weighted by molar-refractivity contribution is 7.46. The van der Waals surface area contributed by atoms with E-state index in [2.05, 4.69) is 14.2 Å². The number of aromatic nitrogens is 2. The summed E-state index contributed by atoms with van der Waals surface area (Å²) in [7, 11) is -5.01. The molecule has 1 aliphatic heterocycles. The van der Waals surface area contributed by atoms with Crippen molar-refractivity contribution in [2.45, 2.75) is 33.1 Å². The lowest BCUT2D eigenvalue weighted by molar-refractivity contribution is -0.274. The molecule has 11 nitrogen and oxygen atoms in total. The molecule has 0 unspecified atom stereocenters. The number of phosphoric acid groups is 1. The summed E-state index contributed by atoms with van der Waals surface area (Å²) in [6, 6.07) is 5.93. The number of benzene rings is 1. The van der Waals surface area contributed by atoms with Gasteiger partial charge in [0.2, 0.25) is 0 Å². The Morgan fingerprint density at radius 1 is 0.976 bits per heavy atom. The zero-order valence-electron chi connectivity index (χ0n) is 20.9. The number of phosphoric ester groups is 1. The van der Waals surface area contributed by atoms with E-state index in [-0.39, 0.29) is 28.5 Å². The number of ether oxygens (including phenoxy) is 1. The molecule has 2 N–H and O–H groups in total. The lowest BCUT2D eigenvalue weighted by Gasteiger charge is -2.38. The zero-order chi connectivity index (χ0) is 30.5. The van der Waals surface area contributed by atoms with Crippen molar-refractivity contribution in [3.05, 3.63) is 75.3 Å². The van der Waals surface area contributed by atoms with Gasteiger partial charge in [0.1, 0.15) is 25.0 Å². The number of aryl methyl sites for hydroxylation is 1. The van der Waals surface area contributed by atoms with Crippen LogP contribution in [0, 0.1) is 13.8 Å². The van der Waals surface area contributed by atoms with Crippen molar-refractivity contribution in [3.63, 3.8) is 0 Å². The van der Waals surface area contributed by atoms with Gasteiger partial charge in [0.25, 0.3) is 11.5 Å². The highest BCUT2D eigenvalue weighted by Gasteiger charge is 2.38. The standard InChI is InChI=1S/C23H19F6N4O7P/c1-12-7-15(40-23(27,28)29)3-4-17(12)31-10-32(21(35)16-8-14(22(24,25)26)9-30-20(16)31)18-5-6-19(34)33(13(18)2)11-39-41(36,37)38/h3-9H,10-11H2,1-2H3,(H2,36,37,38). The first-order chi connectivity index (χ1) is 18.9. The summed E-state index contributed by atoms with van der Waals surface area (Å²) in [6.45, 7) is 1.38. The number of anilines is 3. The fraction of sp³-hybridized carbons (Fsp3) is 0.261. The minimum Gasteiger partial charge on any atom is -0.406 e. The number of rotatable bonds is 6. The number of nitrogens with zero attached hydrogens (tertiary/aromatic N) is 4. The molecule has 0 radical (unpaired) electrons. The van der Waals surface area contributed by atoms with E-state index >= 15 is 0 Å². The van der Waals surface area contributed by atoms with Gasteiger partial charge in [0.05, 0.1) is 16.8 Å². The smallest absolute Gasteiger partial charge is 0.406 e. The normalized spacial score (nSPS) is 14.3. The molecule has 220 valence electrons. The minimum absolute atomic E-state index is 0.0340. The maximum absolute atomic E-state index is 13.5. The van der Waals surface area contributed by atoms with Crippen LogP contribution in [-0.2, 0) is 22.0 Å². The Morgan fingerprint density at radius 3 is 2.22 bits per heavy atom. The van der Waals surface area contributed by atoms with Gasteiger partial charge < -0.3 is 19.4 Å². The SMILES string of the molecule is Cc1cc(OC(F)(F)F)ccc1N1CN(c2ccc(=O)n(COP(=O)(O)O)c2C)C(=O)c2cc(C(F)(F)F)cnc21. The molecule has 0 fully saturated rings. The molecule has 4 rings (SSSR count). The summed E-state index contributed by atoms with van der Waals surface area (Å²) in [5, 5.41) is 0. The molecule has 0 aliphatic carbocycles. The van der Waals surface area contributed by atoms with E-state index in [1.54, 1.807) is 0 Å². The van der Waals surface area contributed by atoms with Crippen LogP contribution >= 0.6 is 7.82 Å². The largest absolute Gasteiger partial charge is 0.573 e. The van der Waals surface area contributed by atoms with Gasteiger partial charge in [-0.15, -0.1) is 13.2 Å². The number of hydrogen-bond donors (Lipinski definition) is 2. The first-order valence-corrected chi connectivity index (χ1v) is 12.8. The maximum Gasteiger partial charge on any atom is 0.573 e. The number of carbonyl (C=O) groups excluding carboxylic acids is 1. The van der Waals surface area contributed by atoms with Gasteiger partial charge >= 0.3 is 20.4 Å². The third-order valence-electron chi connectivity index (χ3n) is 5.97. The quantitative estimate of drug-likeness (QED) is 0.304. The maximum atomic E-state index is 13.5. The van der Waals surface area contributed by atoms with Crippen molar-refractivity contribution in [2.75, 3.05) is 16.5 Å². The Hall–Kier alpha value is -3.92. The van der Waals surface area contributed by atoms with Crippen molar-refractivity contribution in [2.24, 2.45) is 0 Å². The minimum atomic E-state index is -5.01. The number of halogens is 6. The Balaban J connectivity index is 1.86. The van der Waals surface area contributed by atoms with E-state index in [1.807, 2.05) is 0 Å². The molecule has 1 aromatic carbocycles. The highest BCUT2D eigenvalue weighted by atomic mass is 31.2. The van der Waals surface area contributed by atoms with Crippen molar-refractivity contribution in [1.82, 2.24) is 9.55 Å². The average molecular weight is 608 g/mol. The number of carbonyl (C=O) groups is 1. The van der Waals surface area contributed by atoms with Gasteiger partial charge in [0.15, 0.2) is 0 Å². The molecule has 0 spiro atoms. The number of fused-ring (bicyclic) bond motifs is 1. The molecular formula is C23H19F6N4O7P. The van der Waals surface area contributed by atoms with E-state index in [1.165, 1.54) is 30.9 Å². The molecule has 1 amide bonds. The van der Waals surface area contributed by atoms with Crippen LogP contribution in [0.5, 0.6) is 5.75 Å². The molecule has 0 bridgehead atoms. The van der Waals surface area contributed by atoms with Gasteiger partial charge in [-0.1, -0.05) is 0 Å². The van der Waals surface area contributed by atoms with Crippen LogP contribution in [0.25, 0.3) is 0 Å². The molecule has 1 aliphatic rings. The number of hydrogen-bond acceptors (Lipinski definition) is 7. The Kier molecular flexibility index (Phi) is 7.68.